The van der Waals surface area contributed by atoms with E-state index in [9.17, 15) is 0 Å². The van der Waals surface area contributed by atoms with Crippen molar-refractivity contribution in [3.8, 4) is 0 Å². The van der Waals surface area contributed by atoms with E-state index in [0.717, 1.165) is 18.9 Å². The Kier molecular flexibility index (Phi) is 3.20. The number of oxime groups is 1. The van der Waals surface area contributed by atoms with Crippen LogP contribution in [0, 0.1) is 11.3 Å². The fourth-order valence-corrected chi connectivity index (χ4v) is 3.56. The first kappa shape index (κ1) is 12.2. The average Bonchev–Trinajstić information content (AvgIpc) is 3.18. The van der Waals surface area contributed by atoms with Gasteiger partial charge in [0.25, 0.3) is 0 Å². The topological polar surface area (TPSA) is 73.9 Å². The summed E-state index contributed by atoms with van der Waals surface area (Å²) in [6.07, 6.45) is 5.85. The Hall–Kier alpha value is -0.810. The van der Waals surface area contributed by atoms with E-state index in [1.807, 2.05) is 0 Å². The van der Waals surface area contributed by atoms with Gasteiger partial charge < -0.3 is 21.2 Å². The predicted molar refractivity (Wildman–Crippen MR) is 70.6 cm³/mol. The van der Waals surface area contributed by atoms with E-state index >= 15 is 0 Å². The van der Waals surface area contributed by atoms with Gasteiger partial charge in [-0.05, 0) is 50.1 Å². The van der Waals surface area contributed by atoms with Crippen LogP contribution in [0.2, 0.25) is 0 Å². The van der Waals surface area contributed by atoms with Crippen LogP contribution in [-0.2, 0) is 0 Å². The van der Waals surface area contributed by atoms with Crippen LogP contribution in [0.5, 0.6) is 0 Å². The zero-order chi connectivity index (χ0) is 12.6. The summed E-state index contributed by atoms with van der Waals surface area (Å²) in [5, 5.41) is 15.5. The van der Waals surface area contributed by atoms with Gasteiger partial charge in [-0.2, -0.15) is 0 Å². The van der Waals surface area contributed by atoms with Gasteiger partial charge in [0.2, 0.25) is 0 Å². The molecule has 0 amide bonds. The van der Waals surface area contributed by atoms with E-state index in [0.29, 0.717) is 11.9 Å². The lowest BCUT2D eigenvalue weighted by atomic mass is 9.83. The molecule has 1 unspecified atom stereocenters. The molecule has 1 atom stereocenters. The molecule has 5 nitrogen and oxygen atoms in total. The summed E-state index contributed by atoms with van der Waals surface area (Å²) in [5.41, 5.74) is 5.91. The zero-order valence-electron chi connectivity index (χ0n) is 10.9. The highest BCUT2D eigenvalue weighted by molar-refractivity contribution is 5.80. The van der Waals surface area contributed by atoms with Crippen LogP contribution in [0.25, 0.3) is 0 Å². The molecule has 0 radical (unpaired) electrons. The van der Waals surface area contributed by atoms with E-state index in [2.05, 4.69) is 15.4 Å². The lowest BCUT2D eigenvalue weighted by molar-refractivity contribution is 0.0702. The standard InChI is InChI=1S/C13H24N4O/c14-12(16-18)7-13(3-4-13)9-15-11-8-17-5-1-10(11)2-6-17/h10-11,15,18H,1-9H2,(H2,14,16). The highest BCUT2D eigenvalue weighted by atomic mass is 16.4. The molecular formula is C13H24N4O. The first-order chi connectivity index (χ1) is 8.71. The highest BCUT2D eigenvalue weighted by Crippen LogP contribution is 2.48. The molecule has 0 spiro atoms. The average molecular weight is 252 g/mol. The fraction of sp³-hybridized carbons (Fsp3) is 0.923. The molecule has 0 aromatic carbocycles. The van der Waals surface area contributed by atoms with Gasteiger partial charge in [-0.15, -0.1) is 0 Å². The molecule has 2 bridgehead atoms. The molecule has 4 fully saturated rings. The molecule has 3 aliphatic heterocycles. The minimum absolute atomic E-state index is 0.280. The Morgan fingerprint density at radius 1 is 1.39 bits per heavy atom. The smallest absolute Gasteiger partial charge is 0.139 e. The second-order valence-corrected chi connectivity index (χ2v) is 6.39. The zero-order valence-corrected chi connectivity index (χ0v) is 10.9. The molecule has 1 saturated carbocycles. The number of hydrogen-bond donors (Lipinski definition) is 3. The summed E-state index contributed by atoms with van der Waals surface area (Å²) in [4.78, 5) is 2.57. The molecule has 4 rings (SSSR count). The summed E-state index contributed by atoms with van der Waals surface area (Å²) in [7, 11) is 0. The first-order valence-corrected chi connectivity index (χ1v) is 7.13. The van der Waals surface area contributed by atoms with Crippen molar-refractivity contribution in [2.45, 2.75) is 38.1 Å². The van der Waals surface area contributed by atoms with Gasteiger partial charge in [0.05, 0.1) is 0 Å². The Labute approximate surface area is 108 Å². The maximum atomic E-state index is 8.66. The first-order valence-electron chi connectivity index (χ1n) is 7.13. The summed E-state index contributed by atoms with van der Waals surface area (Å²) < 4.78 is 0. The van der Waals surface area contributed by atoms with Crippen LogP contribution in [0.1, 0.15) is 32.1 Å². The minimum atomic E-state index is 0.280. The third kappa shape index (κ3) is 2.47. The van der Waals surface area contributed by atoms with Gasteiger partial charge in [0, 0.05) is 25.6 Å². The quantitative estimate of drug-likeness (QED) is 0.290. The van der Waals surface area contributed by atoms with Crippen LogP contribution < -0.4 is 11.1 Å². The number of fused-ring (bicyclic) bond motifs is 3. The second-order valence-electron chi connectivity index (χ2n) is 6.39. The molecule has 0 aromatic heterocycles. The molecule has 18 heavy (non-hydrogen) atoms. The van der Waals surface area contributed by atoms with Gasteiger partial charge in [0.15, 0.2) is 0 Å². The molecule has 1 aliphatic carbocycles. The van der Waals surface area contributed by atoms with Crippen molar-refractivity contribution in [2.24, 2.45) is 22.2 Å². The number of amidine groups is 1. The molecular weight excluding hydrogens is 228 g/mol. The normalized spacial score (nSPS) is 37.8. The maximum Gasteiger partial charge on any atom is 0.139 e. The maximum absolute atomic E-state index is 8.66. The SMILES string of the molecule is NC(CC1(CNC2CN3CCC2CC3)CC1)=NO. The number of nitrogens with one attached hydrogen (secondary N) is 1. The van der Waals surface area contributed by atoms with Crippen molar-refractivity contribution < 1.29 is 5.21 Å². The number of nitrogens with two attached hydrogens (primary N) is 1. The number of hydrogen-bond acceptors (Lipinski definition) is 4. The van der Waals surface area contributed by atoms with E-state index in [1.54, 1.807) is 0 Å². The number of nitrogens with zero attached hydrogens (tertiary/aromatic N) is 2. The number of piperidine rings is 3. The Balaban J connectivity index is 1.49. The lowest BCUT2D eigenvalue weighted by Crippen LogP contribution is -2.56. The van der Waals surface area contributed by atoms with Gasteiger partial charge in [-0.3, -0.25) is 0 Å². The summed E-state index contributed by atoms with van der Waals surface area (Å²) in [5.74, 6) is 1.25. The molecule has 3 heterocycles. The third-order valence-corrected chi connectivity index (χ3v) is 5.04. The van der Waals surface area contributed by atoms with Crippen LogP contribution in [-0.4, -0.2) is 48.2 Å². The molecule has 3 saturated heterocycles. The van der Waals surface area contributed by atoms with Crippen molar-refractivity contribution in [1.82, 2.24) is 10.2 Å². The van der Waals surface area contributed by atoms with E-state index in [4.69, 9.17) is 10.9 Å². The minimum Gasteiger partial charge on any atom is -0.409 e. The molecule has 4 aliphatic rings. The fourth-order valence-electron chi connectivity index (χ4n) is 3.56. The summed E-state index contributed by atoms with van der Waals surface area (Å²) in [6.45, 7) is 4.82. The summed E-state index contributed by atoms with van der Waals surface area (Å²) in [6, 6.07) is 0.664. The molecule has 5 heteroatoms. The van der Waals surface area contributed by atoms with E-state index in [1.165, 1.54) is 45.3 Å². The van der Waals surface area contributed by atoms with Crippen LogP contribution >= 0.6 is 0 Å². The molecule has 102 valence electrons. The Morgan fingerprint density at radius 2 is 2.11 bits per heavy atom. The van der Waals surface area contributed by atoms with Crippen molar-refractivity contribution in [3.63, 3.8) is 0 Å². The van der Waals surface area contributed by atoms with Crippen molar-refractivity contribution in [3.05, 3.63) is 0 Å². The van der Waals surface area contributed by atoms with Gasteiger partial charge in [-0.25, -0.2) is 0 Å². The van der Waals surface area contributed by atoms with Gasteiger partial charge in [0.1, 0.15) is 5.84 Å². The van der Waals surface area contributed by atoms with Crippen LogP contribution in [0.3, 0.4) is 0 Å². The van der Waals surface area contributed by atoms with Crippen molar-refractivity contribution >= 4 is 5.84 Å². The van der Waals surface area contributed by atoms with E-state index in [-0.39, 0.29) is 5.41 Å². The summed E-state index contributed by atoms with van der Waals surface area (Å²) >= 11 is 0. The van der Waals surface area contributed by atoms with Gasteiger partial charge in [-0.1, -0.05) is 5.16 Å². The largest absolute Gasteiger partial charge is 0.409 e. The Bertz CT molecular complexity index is 332. The second kappa shape index (κ2) is 4.70. The van der Waals surface area contributed by atoms with E-state index < -0.39 is 0 Å². The number of rotatable bonds is 5. The molecule has 4 N–H and O–H groups in total. The lowest BCUT2D eigenvalue weighted by Gasteiger charge is -2.45. The van der Waals surface area contributed by atoms with Crippen LogP contribution in [0.15, 0.2) is 5.16 Å². The highest BCUT2D eigenvalue weighted by Gasteiger charge is 2.44. The predicted octanol–water partition coefficient (Wildman–Crippen LogP) is 0.587. The third-order valence-electron chi connectivity index (χ3n) is 5.04. The van der Waals surface area contributed by atoms with Crippen molar-refractivity contribution in [1.29, 1.82) is 0 Å². The van der Waals surface area contributed by atoms with Crippen LogP contribution in [0.4, 0.5) is 0 Å². The Morgan fingerprint density at radius 3 is 2.61 bits per heavy atom. The van der Waals surface area contributed by atoms with Gasteiger partial charge >= 0.3 is 0 Å². The van der Waals surface area contributed by atoms with Crippen molar-refractivity contribution in [2.75, 3.05) is 26.2 Å². The monoisotopic (exact) mass is 252 g/mol. The molecule has 0 aromatic rings.